The van der Waals surface area contributed by atoms with Crippen molar-refractivity contribution in [2.75, 3.05) is 23.7 Å². The molecule has 0 bridgehead atoms. The van der Waals surface area contributed by atoms with Gasteiger partial charge in [-0.1, -0.05) is 0 Å². The maximum atomic E-state index is 4.35. The van der Waals surface area contributed by atoms with Crippen molar-refractivity contribution in [2.45, 2.75) is 33.4 Å². The maximum Gasteiger partial charge on any atom is 0.408 e. The summed E-state index contributed by atoms with van der Waals surface area (Å²) in [6.07, 6.45) is 5.04. The number of nitrogens with one attached hydrogen (secondary N) is 2. The van der Waals surface area contributed by atoms with Gasteiger partial charge in [-0.25, -0.2) is 9.13 Å². The second-order valence-electron chi connectivity index (χ2n) is 7.64. The maximum absolute atomic E-state index is 4.35. The Bertz CT molecular complexity index is 1150. The van der Waals surface area contributed by atoms with E-state index in [2.05, 4.69) is 54.1 Å². The lowest BCUT2D eigenvalue weighted by Gasteiger charge is -2.08. The van der Waals surface area contributed by atoms with Gasteiger partial charge in [0.1, 0.15) is 23.8 Å². The highest BCUT2D eigenvalue weighted by molar-refractivity contribution is 7.13. The minimum absolute atomic E-state index is 0.844. The molecule has 0 saturated heterocycles. The molecule has 0 atom stereocenters. The Labute approximate surface area is 213 Å². The second kappa shape index (κ2) is 12.8. The molecule has 0 fully saturated rings. The molecular weight excluding hydrogens is 476 g/mol. The lowest BCUT2D eigenvalue weighted by atomic mass is 10.2. The number of anilines is 2. The first-order chi connectivity index (χ1) is 17.2. The number of benzene rings is 2. The average Bonchev–Trinajstić information content (AvgIpc) is 3.56. The monoisotopic (exact) mass is 506 g/mol. The molecule has 35 heavy (non-hydrogen) atoms. The van der Waals surface area contributed by atoms with Crippen LogP contribution in [0, 0.1) is 0 Å². The van der Waals surface area contributed by atoms with Gasteiger partial charge in [-0.2, -0.15) is 0 Å². The fourth-order valence-electron chi connectivity index (χ4n) is 3.28. The summed E-state index contributed by atoms with van der Waals surface area (Å²) in [6, 6.07) is 16.1. The minimum Gasteiger partial charge on any atom is -0.385 e. The van der Waals surface area contributed by atoms with Gasteiger partial charge in [-0.15, -0.1) is 0 Å². The van der Waals surface area contributed by atoms with Crippen molar-refractivity contribution in [2.24, 2.45) is 20.5 Å². The van der Waals surface area contributed by atoms with Crippen molar-refractivity contribution in [3.63, 3.8) is 0 Å². The molecule has 2 N–H and O–H groups in total. The fraction of sp³-hybridized carbons (Fsp3) is 0.280. The van der Waals surface area contributed by atoms with E-state index in [4.69, 9.17) is 0 Å². The Kier molecular flexibility index (Phi) is 9.02. The summed E-state index contributed by atoms with van der Waals surface area (Å²) >= 11 is 3.18. The fourth-order valence-corrected chi connectivity index (χ4v) is 4.77. The Morgan fingerprint density at radius 2 is 1.06 bits per heavy atom. The summed E-state index contributed by atoms with van der Waals surface area (Å²) in [6.45, 7) is 7.73. The lowest BCUT2D eigenvalue weighted by molar-refractivity contribution is -0.677. The van der Waals surface area contributed by atoms with E-state index in [0.29, 0.717) is 0 Å². The standard InChI is InChI=1S/C25H28N8S2/c1-3-32-16-18-34-24(32)30-28-22-10-6-20(7-11-22)26-14-5-15-27-21-8-12-23(13-9-21)29-31-25-33(4-2)17-19-35-25/h6-13,16-19H,3-5,14-15H2,1-2H3/p+2. The van der Waals surface area contributed by atoms with Crippen LogP contribution >= 0.6 is 22.7 Å². The normalized spacial score (nSPS) is 11.5. The molecule has 0 aliphatic heterocycles. The molecule has 0 amide bonds. The van der Waals surface area contributed by atoms with Gasteiger partial charge in [-0.05, 0) is 102 Å². The van der Waals surface area contributed by atoms with Gasteiger partial charge in [0.25, 0.3) is 0 Å². The zero-order chi connectivity index (χ0) is 24.3. The second-order valence-corrected chi connectivity index (χ2v) is 9.39. The highest BCUT2D eigenvalue weighted by atomic mass is 32.1. The van der Waals surface area contributed by atoms with Crippen LogP contribution in [0.4, 0.5) is 33.0 Å². The van der Waals surface area contributed by atoms with E-state index in [0.717, 1.165) is 65.6 Å². The van der Waals surface area contributed by atoms with Gasteiger partial charge in [0.15, 0.2) is 0 Å². The summed E-state index contributed by atoms with van der Waals surface area (Å²) in [4.78, 5) is 0. The van der Waals surface area contributed by atoms with Gasteiger partial charge in [0.2, 0.25) is 0 Å². The average molecular weight is 507 g/mol. The van der Waals surface area contributed by atoms with Crippen LogP contribution in [0.5, 0.6) is 0 Å². The van der Waals surface area contributed by atoms with Crippen molar-refractivity contribution in [1.29, 1.82) is 0 Å². The van der Waals surface area contributed by atoms with E-state index < -0.39 is 0 Å². The predicted molar refractivity (Wildman–Crippen MR) is 143 cm³/mol. The number of aromatic nitrogens is 2. The molecule has 8 nitrogen and oxygen atoms in total. The van der Waals surface area contributed by atoms with Crippen LogP contribution in [-0.2, 0) is 13.1 Å². The first kappa shape index (κ1) is 24.6. The third kappa shape index (κ3) is 7.24. The zero-order valence-corrected chi connectivity index (χ0v) is 21.6. The van der Waals surface area contributed by atoms with E-state index in [1.165, 1.54) is 0 Å². The molecule has 0 aliphatic rings. The molecular formula is C25H30N8S2+2. The number of hydrogen-bond acceptors (Lipinski definition) is 8. The molecule has 0 unspecified atom stereocenters. The molecule has 2 heterocycles. The topological polar surface area (TPSA) is 81.3 Å². The Morgan fingerprint density at radius 3 is 1.46 bits per heavy atom. The molecule has 0 radical (unpaired) electrons. The molecule has 0 aliphatic carbocycles. The van der Waals surface area contributed by atoms with E-state index in [1.807, 2.05) is 71.7 Å². The van der Waals surface area contributed by atoms with Crippen LogP contribution in [0.3, 0.4) is 0 Å². The van der Waals surface area contributed by atoms with Crippen molar-refractivity contribution in [3.05, 3.63) is 71.7 Å². The van der Waals surface area contributed by atoms with Crippen LogP contribution in [0.2, 0.25) is 0 Å². The number of aryl methyl sites for hydroxylation is 2. The van der Waals surface area contributed by atoms with Gasteiger partial charge < -0.3 is 10.6 Å². The van der Waals surface area contributed by atoms with E-state index in [1.54, 1.807) is 22.7 Å². The van der Waals surface area contributed by atoms with Crippen LogP contribution in [-0.4, -0.2) is 13.1 Å². The van der Waals surface area contributed by atoms with Crippen LogP contribution < -0.4 is 19.8 Å². The van der Waals surface area contributed by atoms with Gasteiger partial charge in [0.05, 0.1) is 23.3 Å². The van der Waals surface area contributed by atoms with Crippen molar-refractivity contribution in [1.82, 2.24) is 0 Å². The molecule has 2 aromatic carbocycles. The Morgan fingerprint density at radius 1 is 0.629 bits per heavy atom. The molecule has 180 valence electrons. The Balaban J connectivity index is 1.16. The smallest absolute Gasteiger partial charge is 0.385 e. The van der Waals surface area contributed by atoms with Crippen LogP contribution in [0.15, 0.2) is 92.1 Å². The third-order valence-corrected chi connectivity index (χ3v) is 6.82. The van der Waals surface area contributed by atoms with Gasteiger partial charge in [-0.3, -0.25) is 0 Å². The van der Waals surface area contributed by atoms with Crippen molar-refractivity contribution >= 4 is 55.7 Å². The summed E-state index contributed by atoms with van der Waals surface area (Å²) < 4.78 is 4.15. The number of hydrogen-bond donors (Lipinski definition) is 2. The third-order valence-electron chi connectivity index (χ3n) is 5.25. The molecule has 0 spiro atoms. The first-order valence-corrected chi connectivity index (χ1v) is 13.5. The molecule has 10 heteroatoms. The molecule has 4 rings (SSSR count). The highest BCUT2D eigenvalue weighted by Gasteiger charge is 2.10. The summed E-state index contributed by atoms with van der Waals surface area (Å²) in [5, 5.41) is 30.2. The van der Waals surface area contributed by atoms with E-state index in [-0.39, 0.29) is 0 Å². The van der Waals surface area contributed by atoms with Crippen molar-refractivity contribution < 1.29 is 9.13 Å². The zero-order valence-electron chi connectivity index (χ0n) is 20.0. The van der Waals surface area contributed by atoms with Crippen LogP contribution in [0.1, 0.15) is 20.3 Å². The molecule has 2 aromatic heterocycles. The number of nitrogens with zero attached hydrogens (tertiary/aromatic N) is 6. The summed E-state index contributed by atoms with van der Waals surface area (Å²) in [5.41, 5.74) is 3.84. The van der Waals surface area contributed by atoms with Crippen LogP contribution in [0.25, 0.3) is 0 Å². The predicted octanol–water partition coefficient (Wildman–Crippen LogP) is 7.17. The number of thiazole rings is 2. The lowest BCUT2D eigenvalue weighted by Crippen LogP contribution is -2.28. The largest absolute Gasteiger partial charge is 0.408 e. The van der Waals surface area contributed by atoms with Crippen molar-refractivity contribution in [3.8, 4) is 0 Å². The highest BCUT2D eigenvalue weighted by Crippen LogP contribution is 2.22. The number of azo groups is 2. The molecule has 0 saturated carbocycles. The SMILES string of the molecule is CC[n+]1ccsc1N=Nc1ccc(NCCCNc2ccc(N=Nc3scc[n+]3CC)cc2)cc1. The molecule has 4 aromatic rings. The summed E-state index contributed by atoms with van der Waals surface area (Å²) in [5.74, 6) is 0. The van der Waals surface area contributed by atoms with Gasteiger partial charge >= 0.3 is 10.3 Å². The summed E-state index contributed by atoms with van der Waals surface area (Å²) in [7, 11) is 0. The number of rotatable bonds is 12. The van der Waals surface area contributed by atoms with E-state index in [9.17, 15) is 0 Å². The quantitative estimate of drug-likeness (QED) is 0.121. The Hall–Kier alpha value is -3.50. The van der Waals surface area contributed by atoms with E-state index >= 15 is 0 Å². The first-order valence-electron chi connectivity index (χ1n) is 11.7. The minimum atomic E-state index is 0.844. The van der Waals surface area contributed by atoms with Gasteiger partial charge in [0, 0.05) is 35.2 Å².